The molecule has 40 heavy (non-hydrogen) atoms. The number of para-hydroxylation sites is 1. The van der Waals surface area contributed by atoms with Gasteiger partial charge in [0.05, 0.1) is 32.5 Å². The molecular formula is C36H35N3S+2. The minimum absolute atomic E-state index is 0.123. The van der Waals surface area contributed by atoms with Gasteiger partial charge in [0.15, 0.2) is 22.9 Å². The third-order valence-electron chi connectivity index (χ3n) is 10.4. The van der Waals surface area contributed by atoms with Crippen molar-refractivity contribution in [1.82, 2.24) is 4.57 Å². The fourth-order valence-corrected chi connectivity index (χ4v) is 10.0. The Balaban J connectivity index is 1.59. The van der Waals surface area contributed by atoms with E-state index in [4.69, 9.17) is 0 Å². The molecule has 0 saturated heterocycles. The van der Waals surface area contributed by atoms with Gasteiger partial charge in [-0.3, -0.25) is 0 Å². The number of aromatic nitrogens is 3. The second-order valence-corrected chi connectivity index (χ2v) is 14.9. The Kier molecular flexibility index (Phi) is 4.14. The fraction of sp³-hybridized carbons (Fsp3) is 0.333. The van der Waals surface area contributed by atoms with Crippen molar-refractivity contribution in [1.29, 1.82) is 0 Å². The number of imidazole rings is 1. The van der Waals surface area contributed by atoms with Crippen LogP contribution in [0.3, 0.4) is 0 Å². The summed E-state index contributed by atoms with van der Waals surface area (Å²) in [4.78, 5) is 2.86. The first-order chi connectivity index (χ1) is 19.2. The summed E-state index contributed by atoms with van der Waals surface area (Å²) >= 11 is 2.03. The Hall–Kier alpha value is -3.37. The molecule has 5 heterocycles. The molecule has 9 rings (SSSR count). The summed E-state index contributed by atoms with van der Waals surface area (Å²) < 4.78 is 7.94. The van der Waals surface area contributed by atoms with E-state index in [0.29, 0.717) is 6.04 Å². The first-order valence-corrected chi connectivity index (χ1v) is 15.6. The van der Waals surface area contributed by atoms with Gasteiger partial charge in [0, 0.05) is 12.1 Å². The molecule has 3 nitrogen and oxygen atoms in total. The van der Waals surface area contributed by atoms with E-state index in [2.05, 4.69) is 128 Å². The summed E-state index contributed by atoms with van der Waals surface area (Å²) in [5, 5.41) is 0. The van der Waals surface area contributed by atoms with Gasteiger partial charge in [0.2, 0.25) is 5.69 Å². The molecule has 3 aromatic carbocycles. The Morgan fingerprint density at radius 3 is 2.42 bits per heavy atom. The summed E-state index contributed by atoms with van der Waals surface area (Å²) in [5.74, 6) is 1.38. The van der Waals surface area contributed by atoms with Crippen LogP contribution in [0.2, 0.25) is 0 Å². The van der Waals surface area contributed by atoms with Gasteiger partial charge < -0.3 is 0 Å². The molecule has 0 fully saturated rings. The first kappa shape index (κ1) is 23.3. The van der Waals surface area contributed by atoms with Gasteiger partial charge in [-0.05, 0) is 79.0 Å². The molecule has 0 radical (unpaired) electrons. The van der Waals surface area contributed by atoms with E-state index < -0.39 is 5.54 Å². The van der Waals surface area contributed by atoms with E-state index in [1.165, 1.54) is 67.6 Å². The number of hydrogen-bond acceptors (Lipinski definition) is 1. The topological polar surface area (TPSA) is 12.7 Å². The van der Waals surface area contributed by atoms with Gasteiger partial charge in [-0.1, -0.05) is 63.7 Å². The van der Waals surface area contributed by atoms with Crippen molar-refractivity contribution in [3.05, 3.63) is 101 Å². The Morgan fingerprint density at radius 1 is 0.825 bits per heavy atom. The number of fused-ring (bicyclic) bond motifs is 9. The first-order valence-electron chi connectivity index (χ1n) is 14.8. The van der Waals surface area contributed by atoms with Crippen molar-refractivity contribution < 1.29 is 9.13 Å². The zero-order valence-corrected chi connectivity index (χ0v) is 25.0. The highest BCUT2D eigenvalue weighted by Crippen LogP contribution is 2.60. The van der Waals surface area contributed by atoms with Gasteiger partial charge in [-0.2, -0.15) is 9.13 Å². The van der Waals surface area contributed by atoms with E-state index in [-0.39, 0.29) is 10.8 Å². The molecule has 1 atom stereocenters. The van der Waals surface area contributed by atoms with Gasteiger partial charge in [-0.25, -0.2) is 4.57 Å². The highest BCUT2D eigenvalue weighted by molar-refractivity contribution is 7.99. The predicted octanol–water partition coefficient (Wildman–Crippen LogP) is 7.73. The lowest BCUT2D eigenvalue weighted by molar-refractivity contribution is -0.733. The third-order valence-corrected chi connectivity index (χ3v) is 11.6. The molecule has 0 saturated carbocycles. The quantitative estimate of drug-likeness (QED) is 0.194. The van der Waals surface area contributed by atoms with Crippen molar-refractivity contribution in [2.75, 3.05) is 0 Å². The van der Waals surface area contributed by atoms with E-state index >= 15 is 0 Å². The van der Waals surface area contributed by atoms with Gasteiger partial charge in [0.1, 0.15) is 0 Å². The molecule has 0 N–H and O–H groups in total. The molecule has 1 unspecified atom stereocenters. The Labute approximate surface area is 240 Å². The van der Waals surface area contributed by atoms with Crippen LogP contribution in [-0.4, -0.2) is 4.57 Å². The predicted molar refractivity (Wildman–Crippen MR) is 161 cm³/mol. The molecule has 1 aliphatic carbocycles. The van der Waals surface area contributed by atoms with Crippen LogP contribution in [0.15, 0.2) is 82.7 Å². The lowest BCUT2D eigenvalue weighted by atomic mass is 9.62. The zero-order valence-electron chi connectivity index (χ0n) is 24.2. The SMILES string of the molecule is CC(C)n1c2[n+]3c4c(cccc41)Sc1c-3c(cc3c1C(C)(C)CCC3(C)C)C21c2ccccc2-c2cccc[n+]21. The summed E-state index contributed by atoms with van der Waals surface area (Å²) in [5.41, 5.74) is 12.6. The molecule has 5 aromatic rings. The van der Waals surface area contributed by atoms with E-state index in [9.17, 15) is 0 Å². The summed E-state index contributed by atoms with van der Waals surface area (Å²) in [7, 11) is 0. The van der Waals surface area contributed by atoms with Crippen molar-refractivity contribution in [2.24, 2.45) is 0 Å². The Bertz CT molecular complexity index is 1930. The molecule has 198 valence electrons. The molecule has 4 aliphatic rings. The highest BCUT2D eigenvalue weighted by Gasteiger charge is 2.69. The summed E-state index contributed by atoms with van der Waals surface area (Å²) in [6.45, 7) is 14.6. The van der Waals surface area contributed by atoms with Crippen LogP contribution in [0.4, 0.5) is 0 Å². The van der Waals surface area contributed by atoms with Crippen LogP contribution >= 0.6 is 11.8 Å². The number of pyridine rings is 1. The van der Waals surface area contributed by atoms with Crippen LogP contribution in [0.1, 0.15) is 88.5 Å². The van der Waals surface area contributed by atoms with Crippen LogP contribution in [-0.2, 0) is 16.4 Å². The second-order valence-electron chi connectivity index (χ2n) is 13.9. The largest absolute Gasteiger partial charge is 0.347 e. The van der Waals surface area contributed by atoms with Crippen molar-refractivity contribution in [3.63, 3.8) is 0 Å². The van der Waals surface area contributed by atoms with E-state index in [1.807, 2.05) is 11.8 Å². The average Bonchev–Trinajstić information content (AvgIpc) is 3.54. The zero-order chi connectivity index (χ0) is 27.3. The summed E-state index contributed by atoms with van der Waals surface area (Å²) in [6.07, 6.45) is 4.76. The van der Waals surface area contributed by atoms with Crippen molar-refractivity contribution in [3.8, 4) is 16.9 Å². The minimum atomic E-state index is -0.435. The lowest BCUT2D eigenvalue weighted by Crippen LogP contribution is -2.57. The maximum absolute atomic E-state index is 2.69. The standard InChI is InChI=1S/C36H35N3S/c1-21(2)38-27-15-11-16-28-31(27)39-30-25(20-24-29(32(30)40-28)35(5,6)18-17-34(24,3)4)36(33(38)39)23-13-8-7-12-22(23)26-14-9-10-19-37(26)36/h7-16,19-21H,17-18H2,1-6H3/q+2. The monoisotopic (exact) mass is 541 g/mol. The van der Waals surface area contributed by atoms with Gasteiger partial charge >= 0.3 is 11.4 Å². The van der Waals surface area contributed by atoms with Crippen molar-refractivity contribution in [2.45, 2.75) is 86.6 Å². The number of hydrogen-bond donors (Lipinski definition) is 0. The van der Waals surface area contributed by atoms with Crippen LogP contribution < -0.4 is 9.13 Å². The van der Waals surface area contributed by atoms with Crippen LogP contribution in [0.25, 0.3) is 28.0 Å². The molecule has 0 bridgehead atoms. The minimum Gasteiger partial charge on any atom is -0.218 e. The smallest absolute Gasteiger partial charge is 0.218 e. The Morgan fingerprint density at radius 2 is 1.60 bits per heavy atom. The van der Waals surface area contributed by atoms with Crippen LogP contribution in [0.5, 0.6) is 0 Å². The second kappa shape index (κ2) is 7.09. The van der Waals surface area contributed by atoms with Gasteiger partial charge in [-0.15, -0.1) is 0 Å². The van der Waals surface area contributed by atoms with E-state index in [0.717, 1.165) is 0 Å². The average molecular weight is 542 g/mol. The lowest BCUT2D eigenvalue weighted by Gasteiger charge is -2.43. The summed E-state index contributed by atoms with van der Waals surface area (Å²) in [6, 6.07) is 25.8. The van der Waals surface area contributed by atoms with Gasteiger partial charge in [0.25, 0.3) is 0 Å². The number of nitrogens with zero attached hydrogens (tertiary/aromatic N) is 3. The normalized spacial score (nSPS) is 21.7. The highest BCUT2D eigenvalue weighted by atomic mass is 32.2. The maximum Gasteiger partial charge on any atom is 0.347 e. The molecular weight excluding hydrogens is 506 g/mol. The van der Waals surface area contributed by atoms with Crippen molar-refractivity contribution >= 4 is 22.8 Å². The molecule has 3 aliphatic heterocycles. The molecule has 2 aromatic heterocycles. The number of rotatable bonds is 1. The van der Waals surface area contributed by atoms with Crippen LogP contribution in [0, 0.1) is 0 Å². The molecule has 4 heteroatoms. The fourth-order valence-electron chi connectivity index (χ4n) is 8.59. The molecule has 1 spiro atoms. The van der Waals surface area contributed by atoms with E-state index in [1.54, 1.807) is 11.1 Å². The maximum atomic E-state index is 2.69. The molecule has 0 amide bonds. The third kappa shape index (κ3) is 2.40. The number of benzene rings is 3.